The molecule has 1 N–H and O–H groups in total. The van der Waals surface area contributed by atoms with Crippen LogP contribution in [-0.2, 0) is 16.0 Å². The molecule has 0 unspecified atom stereocenters. The van der Waals surface area contributed by atoms with E-state index in [1.807, 2.05) is 13.8 Å². The van der Waals surface area contributed by atoms with Gasteiger partial charge in [0.15, 0.2) is 0 Å². The van der Waals surface area contributed by atoms with Gasteiger partial charge >= 0.3 is 0 Å². The van der Waals surface area contributed by atoms with Gasteiger partial charge in [-0.1, -0.05) is 0 Å². The Morgan fingerprint density at radius 2 is 2.47 bits per heavy atom. The second kappa shape index (κ2) is 6.14. The zero-order valence-corrected chi connectivity index (χ0v) is 11.3. The fourth-order valence-corrected chi connectivity index (χ4v) is 2.27. The predicted octanol–water partition coefficient (Wildman–Crippen LogP) is 1.32. The highest BCUT2D eigenvalue weighted by atomic mass is 19.1. The second-order valence-electron chi connectivity index (χ2n) is 5.13. The standard InChI is InChI=1S/C13H20FN3O2/c1-9(2)19-12-4-6-17(8-11(12)14)13(18)7-10-3-5-15-16-10/h3,5,9,11-12H,4,6-8H2,1-2H3,(H,15,16)/t11-,12+/m1/s1. The van der Waals surface area contributed by atoms with E-state index in [1.54, 1.807) is 17.2 Å². The van der Waals surface area contributed by atoms with Crippen molar-refractivity contribution in [2.75, 3.05) is 13.1 Å². The molecular weight excluding hydrogens is 249 g/mol. The molecule has 0 saturated carbocycles. The van der Waals surface area contributed by atoms with Crippen molar-refractivity contribution in [2.24, 2.45) is 0 Å². The molecule has 1 aliphatic heterocycles. The van der Waals surface area contributed by atoms with Crippen molar-refractivity contribution in [2.45, 2.75) is 45.1 Å². The van der Waals surface area contributed by atoms with Gasteiger partial charge in [0.25, 0.3) is 0 Å². The third-order valence-corrected chi connectivity index (χ3v) is 3.18. The molecule has 5 nitrogen and oxygen atoms in total. The van der Waals surface area contributed by atoms with Gasteiger partial charge in [0.1, 0.15) is 6.17 Å². The Bertz CT molecular complexity index is 408. The van der Waals surface area contributed by atoms with E-state index >= 15 is 0 Å². The summed E-state index contributed by atoms with van der Waals surface area (Å²) < 4.78 is 19.5. The molecule has 0 aliphatic carbocycles. The fraction of sp³-hybridized carbons (Fsp3) is 0.692. The Morgan fingerprint density at radius 1 is 1.68 bits per heavy atom. The number of nitrogens with zero attached hydrogens (tertiary/aromatic N) is 2. The van der Waals surface area contributed by atoms with Crippen molar-refractivity contribution in [3.63, 3.8) is 0 Å². The van der Waals surface area contributed by atoms with Crippen LogP contribution in [0.1, 0.15) is 26.0 Å². The number of likely N-dealkylation sites (tertiary alicyclic amines) is 1. The molecule has 0 bridgehead atoms. The van der Waals surface area contributed by atoms with Crippen LogP contribution in [0.4, 0.5) is 4.39 Å². The normalized spacial score (nSPS) is 23.9. The Kier molecular flexibility index (Phi) is 4.52. The highest BCUT2D eigenvalue weighted by Crippen LogP contribution is 2.19. The zero-order chi connectivity index (χ0) is 13.8. The summed E-state index contributed by atoms with van der Waals surface area (Å²) in [6, 6.07) is 1.75. The SMILES string of the molecule is CC(C)O[C@H]1CCN(C(=O)Cc2ccn[nH]2)C[C@H]1F. The first-order valence-corrected chi connectivity index (χ1v) is 6.62. The molecule has 2 atom stereocenters. The summed E-state index contributed by atoms with van der Waals surface area (Å²) in [4.78, 5) is 13.6. The lowest BCUT2D eigenvalue weighted by molar-refractivity contribution is -0.137. The first-order chi connectivity index (χ1) is 9.06. The van der Waals surface area contributed by atoms with Crippen LogP contribution >= 0.6 is 0 Å². The zero-order valence-electron chi connectivity index (χ0n) is 11.3. The molecular formula is C13H20FN3O2. The maximum absolute atomic E-state index is 14.0. The molecule has 1 aromatic rings. The van der Waals surface area contributed by atoms with Crippen LogP contribution in [-0.4, -0.2) is 52.5 Å². The van der Waals surface area contributed by atoms with Gasteiger partial charge in [-0.05, 0) is 26.3 Å². The molecule has 0 spiro atoms. The number of alkyl halides is 1. The monoisotopic (exact) mass is 269 g/mol. The molecule has 1 fully saturated rings. The molecule has 1 amide bonds. The van der Waals surface area contributed by atoms with Crippen LogP contribution in [0, 0.1) is 0 Å². The first kappa shape index (κ1) is 14.0. The summed E-state index contributed by atoms with van der Waals surface area (Å²) in [6.45, 7) is 4.44. The topological polar surface area (TPSA) is 58.2 Å². The summed E-state index contributed by atoms with van der Waals surface area (Å²) in [5, 5.41) is 6.53. The van der Waals surface area contributed by atoms with Gasteiger partial charge in [0.05, 0.1) is 25.2 Å². The van der Waals surface area contributed by atoms with Gasteiger partial charge < -0.3 is 9.64 Å². The van der Waals surface area contributed by atoms with Crippen LogP contribution in [0.3, 0.4) is 0 Å². The minimum Gasteiger partial charge on any atom is -0.372 e. The van der Waals surface area contributed by atoms with Crippen molar-refractivity contribution in [3.05, 3.63) is 18.0 Å². The third-order valence-electron chi connectivity index (χ3n) is 3.18. The summed E-state index contributed by atoms with van der Waals surface area (Å²) in [7, 11) is 0. The number of aromatic nitrogens is 2. The summed E-state index contributed by atoms with van der Waals surface area (Å²) >= 11 is 0. The Morgan fingerprint density at radius 3 is 3.05 bits per heavy atom. The molecule has 19 heavy (non-hydrogen) atoms. The Labute approximate surface area is 112 Å². The lowest BCUT2D eigenvalue weighted by atomic mass is 10.0. The average molecular weight is 269 g/mol. The number of hydrogen-bond acceptors (Lipinski definition) is 3. The van der Waals surface area contributed by atoms with Gasteiger partial charge in [-0.3, -0.25) is 9.89 Å². The number of hydrogen-bond donors (Lipinski definition) is 1. The van der Waals surface area contributed by atoms with Crippen molar-refractivity contribution in [3.8, 4) is 0 Å². The van der Waals surface area contributed by atoms with Crippen molar-refractivity contribution in [1.82, 2.24) is 15.1 Å². The summed E-state index contributed by atoms with van der Waals surface area (Å²) in [5.74, 6) is -0.0742. The smallest absolute Gasteiger partial charge is 0.228 e. The lowest BCUT2D eigenvalue weighted by Gasteiger charge is -2.35. The molecule has 2 heterocycles. The van der Waals surface area contributed by atoms with Crippen molar-refractivity contribution >= 4 is 5.91 Å². The van der Waals surface area contributed by atoms with Crippen molar-refractivity contribution in [1.29, 1.82) is 0 Å². The molecule has 0 radical (unpaired) electrons. The number of amides is 1. The number of H-pyrrole nitrogens is 1. The maximum atomic E-state index is 14.0. The van der Waals surface area contributed by atoms with E-state index in [2.05, 4.69) is 10.2 Å². The van der Waals surface area contributed by atoms with Crippen LogP contribution in [0.15, 0.2) is 12.3 Å². The highest BCUT2D eigenvalue weighted by molar-refractivity contribution is 5.78. The predicted molar refractivity (Wildman–Crippen MR) is 68.4 cm³/mol. The maximum Gasteiger partial charge on any atom is 0.228 e. The summed E-state index contributed by atoms with van der Waals surface area (Å²) in [5.41, 5.74) is 0.751. The van der Waals surface area contributed by atoms with E-state index < -0.39 is 12.3 Å². The van der Waals surface area contributed by atoms with Gasteiger partial charge in [-0.25, -0.2) is 4.39 Å². The quantitative estimate of drug-likeness (QED) is 0.896. The Hall–Kier alpha value is -1.43. The van der Waals surface area contributed by atoms with E-state index in [4.69, 9.17) is 4.74 Å². The van der Waals surface area contributed by atoms with Gasteiger partial charge in [0.2, 0.25) is 5.91 Å². The average Bonchev–Trinajstić information content (AvgIpc) is 2.84. The minimum atomic E-state index is -1.11. The molecule has 0 aromatic carbocycles. The van der Waals surface area contributed by atoms with E-state index in [0.717, 1.165) is 5.69 Å². The van der Waals surface area contributed by atoms with Crippen LogP contribution < -0.4 is 0 Å². The van der Waals surface area contributed by atoms with Gasteiger partial charge in [-0.2, -0.15) is 5.10 Å². The van der Waals surface area contributed by atoms with Crippen molar-refractivity contribution < 1.29 is 13.9 Å². The minimum absolute atomic E-state index is 0.00972. The second-order valence-corrected chi connectivity index (χ2v) is 5.13. The molecule has 1 aromatic heterocycles. The van der Waals surface area contributed by atoms with Crippen LogP contribution in [0.2, 0.25) is 0 Å². The molecule has 106 valence electrons. The molecule has 6 heteroatoms. The number of rotatable bonds is 4. The highest BCUT2D eigenvalue weighted by Gasteiger charge is 2.32. The largest absolute Gasteiger partial charge is 0.372 e. The molecule has 1 aliphatic rings. The number of piperidine rings is 1. The number of carbonyl (C=O) groups excluding carboxylic acids is 1. The number of ether oxygens (including phenoxy) is 1. The molecule has 2 rings (SSSR count). The summed E-state index contributed by atoms with van der Waals surface area (Å²) in [6.07, 6.45) is 0.897. The van der Waals surface area contributed by atoms with Gasteiger partial charge in [0, 0.05) is 18.4 Å². The van der Waals surface area contributed by atoms with E-state index in [9.17, 15) is 9.18 Å². The van der Waals surface area contributed by atoms with E-state index in [-0.39, 0.29) is 25.0 Å². The third kappa shape index (κ3) is 3.76. The van der Waals surface area contributed by atoms with E-state index in [1.165, 1.54) is 0 Å². The number of nitrogens with one attached hydrogen (secondary N) is 1. The number of halogens is 1. The number of carbonyl (C=O) groups is 1. The van der Waals surface area contributed by atoms with Crippen LogP contribution in [0.25, 0.3) is 0 Å². The molecule has 1 saturated heterocycles. The van der Waals surface area contributed by atoms with Gasteiger partial charge in [-0.15, -0.1) is 0 Å². The first-order valence-electron chi connectivity index (χ1n) is 6.62. The fourth-order valence-electron chi connectivity index (χ4n) is 2.27. The van der Waals surface area contributed by atoms with E-state index in [0.29, 0.717) is 13.0 Å². The Balaban J connectivity index is 1.85. The van der Waals surface area contributed by atoms with Crippen LogP contribution in [0.5, 0.6) is 0 Å². The number of aromatic amines is 1. The lowest BCUT2D eigenvalue weighted by Crippen LogP contribution is -2.49.